The Morgan fingerprint density at radius 3 is 2.86 bits per heavy atom. The second-order valence-electron chi connectivity index (χ2n) is 4.69. The Bertz CT molecular complexity index is 943. The molecule has 104 valence electrons. The third-order valence-corrected chi connectivity index (χ3v) is 4.59. The summed E-state index contributed by atoms with van der Waals surface area (Å²) < 4.78 is 14.4. The lowest BCUT2D eigenvalue weighted by atomic mass is 10.2. The lowest BCUT2D eigenvalue weighted by Crippen LogP contribution is -2.03. The van der Waals surface area contributed by atoms with Gasteiger partial charge in [-0.2, -0.15) is 0 Å². The normalized spacial score (nSPS) is 13.0. The summed E-state index contributed by atoms with van der Waals surface area (Å²) in [6.07, 6.45) is 5.28. The third kappa shape index (κ3) is 2.04. The van der Waals surface area contributed by atoms with E-state index in [9.17, 15) is 4.21 Å². The molecule has 4 aromatic rings. The standard InChI is InChI=1S/C15H12N4OS/c20-21(15-16-7-8-17-15)10-12-14-6-3-9-19(14)13-5-2-1-4-11(13)18-12/h1-9H,10H2,(H,16,17). The molecule has 21 heavy (non-hydrogen) atoms. The number of fused-ring (bicyclic) bond motifs is 3. The summed E-state index contributed by atoms with van der Waals surface area (Å²) in [6.45, 7) is 0. The zero-order valence-electron chi connectivity index (χ0n) is 11.1. The average Bonchev–Trinajstić information content (AvgIpc) is 3.19. The number of rotatable bonds is 3. The Hall–Kier alpha value is -2.47. The van der Waals surface area contributed by atoms with Crippen molar-refractivity contribution in [2.24, 2.45) is 0 Å². The van der Waals surface area contributed by atoms with E-state index in [-0.39, 0.29) is 0 Å². The number of hydrogen-bond acceptors (Lipinski definition) is 3. The van der Waals surface area contributed by atoms with Crippen molar-refractivity contribution >= 4 is 27.3 Å². The van der Waals surface area contributed by atoms with Crippen molar-refractivity contribution < 1.29 is 4.21 Å². The minimum Gasteiger partial charge on any atom is -0.338 e. The number of para-hydroxylation sites is 2. The Morgan fingerprint density at radius 2 is 2.00 bits per heavy atom. The van der Waals surface area contributed by atoms with E-state index in [0.29, 0.717) is 10.9 Å². The van der Waals surface area contributed by atoms with Crippen molar-refractivity contribution in [2.45, 2.75) is 10.9 Å². The van der Waals surface area contributed by atoms with Crippen LogP contribution in [0, 0.1) is 0 Å². The molecule has 0 spiro atoms. The number of imidazole rings is 1. The predicted molar refractivity (Wildman–Crippen MR) is 81.4 cm³/mol. The molecule has 0 aliphatic rings. The van der Waals surface area contributed by atoms with Gasteiger partial charge in [0.25, 0.3) is 0 Å². The second kappa shape index (κ2) is 4.82. The molecular formula is C15H12N4OS. The Balaban J connectivity index is 1.87. The van der Waals surface area contributed by atoms with Gasteiger partial charge in [-0.1, -0.05) is 12.1 Å². The van der Waals surface area contributed by atoms with Gasteiger partial charge in [0.1, 0.15) is 0 Å². The van der Waals surface area contributed by atoms with Crippen LogP contribution in [0.1, 0.15) is 5.69 Å². The van der Waals surface area contributed by atoms with E-state index in [0.717, 1.165) is 22.2 Å². The topological polar surface area (TPSA) is 63.1 Å². The third-order valence-electron chi connectivity index (χ3n) is 3.40. The molecule has 0 aliphatic heterocycles. The molecule has 0 fully saturated rings. The van der Waals surface area contributed by atoms with Gasteiger partial charge in [0.2, 0.25) is 0 Å². The fourth-order valence-corrected chi connectivity index (χ4v) is 3.44. The Morgan fingerprint density at radius 1 is 1.14 bits per heavy atom. The van der Waals surface area contributed by atoms with Gasteiger partial charge in [-0.05, 0) is 24.3 Å². The number of hydrogen-bond donors (Lipinski definition) is 1. The minimum absolute atomic E-state index is 0.339. The first-order chi connectivity index (χ1) is 10.3. The molecule has 1 unspecified atom stereocenters. The summed E-state index contributed by atoms with van der Waals surface area (Å²) in [4.78, 5) is 11.6. The van der Waals surface area contributed by atoms with Gasteiger partial charge < -0.3 is 9.38 Å². The van der Waals surface area contributed by atoms with Crippen LogP contribution < -0.4 is 0 Å². The number of benzene rings is 1. The van der Waals surface area contributed by atoms with Crippen LogP contribution in [-0.2, 0) is 16.6 Å². The van der Waals surface area contributed by atoms with E-state index >= 15 is 0 Å². The Kier molecular flexibility index (Phi) is 2.82. The van der Waals surface area contributed by atoms with Gasteiger partial charge in [0, 0.05) is 18.6 Å². The highest BCUT2D eigenvalue weighted by atomic mass is 32.2. The van der Waals surface area contributed by atoms with Crippen LogP contribution in [0.5, 0.6) is 0 Å². The van der Waals surface area contributed by atoms with Gasteiger partial charge in [-0.25, -0.2) is 9.97 Å². The molecule has 4 rings (SSSR count). The first-order valence-corrected chi connectivity index (χ1v) is 7.87. The molecule has 0 radical (unpaired) electrons. The molecular weight excluding hydrogens is 284 g/mol. The first-order valence-electron chi connectivity index (χ1n) is 6.55. The van der Waals surface area contributed by atoms with Crippen LogP contribution in [0.15, 0.2) is 60.1 Å². The number of nitrogens with zero attached hydrogens (tertiary/aromatic N) is 3. The van der Waals surface area contributed by atoms with Gasteiger partial charge in [0.15, 0.2) is 5.16 Å². The van der Waals surface area contributed by atoms with E-state index in [4.69, 9.17) is 0 Å². The molecule has 0 aliphatic carbocycles. The predicted octanol–water partition coefficient (Wildman–Crippen LogP) is 2.52. The van der Waals surface area contributed by atoms with E-state index in [1.807, 2.05) is 42.6 Å². The largest absolute Gasteiger partial charge is 0.338 e. The maximum atomic E-state index is 12.3. The van der Waals surface area contributed by atoms with Crippen molar-refractivity contribution in [3.8, 4) is 0 Å². The van der Waals surface area contributed by atoms with Crippen molar-refractivity contribution in [1.82, 2.24) is 19.4 Å². The molecule has 1 aromatic carbocycles. The smallest absolute Gasteiger partial charge is 0.196 e. The van der Waals surface area contributed by atoms with E-state index in [1.54, 1.807) is 12.4 Å². The van der Waals surface area contributed by atoms with E-state index < -0.39 is 10.8 Å². The number of nitrogens with one attached hydrogen (secondary N) is 1. The minimum atomic E-state index is -1.23. The number of aromatic amines is 1. The lowest BCUT2D eigenvalue weighted by molar-refractivity contribution is 0.676. The number of aromatic nitrogens is 4. The van der Waals surface area contributed by atoms with Crippen LogP contribution in [0.2, 0.25) is 0 Å². The SMILES string of the molecule is O=S(Cc1nc2ccccc2n2cccc12)c1ncc[nH]1. The highest BCUT2D eigenvalue weighted by Gasteiger charge is 2.13. The molecule has 3 heterocycles. The van der Waals surface area contributed by atoms with E-state index in [2.05, 4.69) is 19.4 Å². The maximum absolute atomic E-state index is 12.3. The Labute approximate surface area is 123 Å². The summed E-state index contributed by atoms with van der Waals surface area (Å²) in [5.74, 6) is 0.339. The van der Waals surface area contributed by atoms with Gasteiger partial charge in [0.05, 0.1) is 38.8 Å². The highest BCUT2D eigenvalue weighted by molar-refractivity contribution is 7.84. The quantitative estimate of drug-likeness (QED) is 0.632. The summed E-state index contributed by atoms with van der Waals surface area (Å²) >= 11 is 0. The highest BCUT2D eigenvalue weighted by Crippen LogP contribution is 2.20. The molecule has 0 saturated carbocycles. The summed E-state index contributed by atoms with van der Waals surface area (Å²) in [5, 5.41) is 0.481. The van der Waals surface area contributed by atoms with Crippen molar-refractivity contribution in [1.29, 1.82) is 0 Å². The van der Waals surface area contributed by atoms with Gasteiger partial charge >= 0.3 is 0 Å². The average molecular weight is 296 g/mol. The molecule has 1 N–H and O–H groups in total. The fraction of sp³-hybridized carbons (Fsp3) is 0.0667. The number of H-pyrrole nitrogens is 1. The lowest BCUT2D eigenvalue weighted by Gasteiger charge is -2.07. The van der Waals surface area contributed by atoms with Crippen LogP contribution in [0.25, 0.3) is 16.6 Å². The summed E-state index contributed by atoms with van der Waals surface area (Å²) in [6, 6.07) is 11.9. The second-order valence-corrected chi connectivity index (χ2v) is 6.06. The molecule has 1 atom stereocenters. The molecule has 5 nitrogen and oxygen atoms in total. The molecule has 0 saturated heterocycles. The zero-order chi connectivity index (χ0) is 14.2. The monoisotopic (exact) mass is 296 g/mol. The van der Waals surface area contributed by atoms with Crippen molar-refractivity contribution in [3.05, 3.63) is 60.7 Å². The molecule has 0 bridgehead atoms. The van der Waals surface area contributed by atoms with Crippen LogP contribution >= 0.6 is 0 Å². The molecule has 6 heteroatoms. The summed E-state index contributed by atoms with van der Waals surface area (Å²) in [7, 11) is -1.23. The van der Waals surface area contributed by atoms with Crippen LogP contribution in [0.3, 0.4) is 0 Å². The zero-order valence-corrected chi connectivity index (χ0v) is 11.9. The first kappa shape index (κ1) is 12.3. The van der Waals surface area contributed by atoms with Crippen LogP contribution in [-0.4, -0.2) is 23.6 Å². The van der Waals surface area contributed by atoms with E-state index in [1.165, 1.54) is 0 Å². The van der Waals surface area contributed by atoms with Crippen molar-refractivity contribution in [3.63, 3.8) is 0 Å². The fourth-order valence-electron chi connectivity index (χ4n) is 2.47. The molecule has 0 amide bonds. The van der Waals surface area contributed by atoms with Gasteiger partial charge in [-0.3, -0.25) is 4.21 Å². The van der Waals surface area contributed by atoms with Crippen molar-refractivity contribution in [2.75, 3.05) is 0 Å². The maximum Gasteiger partial charge on any atom is 0.196 e. The van der Waals surface area contributed by atoms with Crippen LogP contribution in [0.4, 0.5) is 0 Å². The van der Waals surface area contributed by atoms with Gasteiger partial charge in [-0.15, -0.1) is 0 Å². The summed E-state index contributed by atoms with van der Waals surface area (Å²) in [5.41, 5.74) is 3.74. The molecule has 3 aromatic heterocycles.